The number of ether oxygens (including phenoxy) is 1. The molecule has 1 aliphatic rings. The average Bonchev–Trinajstić information content (AvgIpc) is 2.64. The summed E-state index contributed by atoms with van der Waals surface area (Å²) >= 11 is 0. The van der Waals surface area contributed by atoms with Crippen molar-refractivity contribution < 1.29 is 13.2 Å². The summed E-state index contributed by atoms with van der Waals surface area (Å²) in [6, 6.07) is 12.2. The van der Waals surface area contributed by atoms with E-state index in [0.29, 0.717) is 18.2 Å². The molecule has 27 heavy (non-hydrogen) atoms. The number of sulfonamides is 1. The van der Waals surface area contributed by atoms with Gasteiger partial charge in [-0.1, -0.05) is 25.1 Å². The first kappa shape index (κ1) is 19.5. The molecule has 0 aliphatic heterocycles. The fraction of sp³-hybridized carbons (Fsp3) is 0.429. The zero-order valence-corrected chi connectivity index (χ0v) is 17.0. The highest BCUT2D eigenvalue weighted by Gasteiger charge is 2.22. The predicted molar refractivity (Wildman–Crippen MR) is 111 cm³/mol. The highest BCUT2D eigenvalue weighted by molar-refractivity contribution is 7.92. The van der Waals surface area contributed by atoms with E-state index in [0.717, 1.165) is 36.3 Å². The van der Waals surface area contributed by atoms with Crippen molar-refractivity contribution in [3.63, 3.8) is 0 Å². The summed E-state index contributed by atoms with van der Waals surface area (Å²) in [5.41, 5.74) is 5.16. The zero-order chi connectivity index (χ0) is 19.4. The number of nitrogens with one attached hydrogen (secondary N) is 2. The molecule has 6 heteroatoms. The van der Waals surface area contributed by atoms with Crippen LogP contribution in [0, 0.1) is 6.92 Å². The minimum atomic E-state index is -3.30. The van der Waals surface area contributed by atoms with Crippen molar-refractivity contribution in [2.24, 2.45) is 0 Å². The van der Waals surface area contributed by atoms with Gasteiger partial charge in [-0.15, -0.1) is 0 Å². The number of fused-ring (bicyclic) bond motifs is 1. The standard InChI is InChI=1S/C21H28N2O3S/c1-4-13-27(24,25)23-20-9-6-8-19(15(20)2)22-17-11-12-18-16(14-17)7-5-10-21(18)26-3/h5-10,17,22-23H,4,11-14H2,1-3H3. The molecule has 0 amide bonds. The Morgan fingerprint density at radius 2 is 1.89 bits per heavy atom. The van der Waals surface area contributed by atoms with Gasteiger partial charge in [0.2, 0.25) is 10.0 Å². The summed E-state index contributed by atoms with van der Waals surface area (Å²) in [7, 11) is -1.58. The minimum Gasteiger partial charge on any atom is -0.496 e. The lowest BCUT2D eigenvalue weighted by Crippen LogP contribution is -2.28. The maximum absolute atomic E-state index is 12.1. The summed E-state index contributed by atoms with van der Waals surface area (Å²) in [6.45, 7) is 3.81. The second kappa shape index (κ2) is 8.21. The van der Waals surface area contributed by atoms with Crippen LogP contribution < -0.4 is 14.8 Å². The number of hydrogen-bond acceptors (Lipinski definition) is 4. The Morgan fingerprint density at radius 3 is 2.63 bits per heavy atom. The van der Waals surface area contributed by atoms with Crippen LogP contribution in [0.25, 0.3) is 0 Å². The van der Waals surface area contributed by atoms with Crippen LogP contribution in [-0.4, -0.2) is 27.3 Å². The van der Waals surface area contributed by atoms with Crippen LogP contribution in [0.5, 0.6) is 5.75 Å². The van der Waals surface area contributed by atoms with Crippen molar-refractivity contribution in [3.05, 3.63) is 53.1 Å². The molecule has 0 saturated heterocycles. The molecule has 0 bridgehead atoms. The van der Waals surface area contributed by atoms with Crippen LogP contribution in [0.3, 0.4) is 0 Å². The van der Waals surface area contributed by atoms with Gasteiger partial charge in [-0.2, -0.15) is 0 Å². The Bertz CT molecular complexity index is 910. The number of hydrogen-bond donors (Lipinski definition) is 2. The summed E-state index contributed by atoms with van der Waals surface area (Å²) < 4.78 is 32.4. The van der Waals surface area contributed by atoms with Crippen LogP contribution >= 0.6 is 0 Å². The van der Waals surface area contributed by atoms with Crippen LogP contribution in [0.1, 0.15) is 36.5 Å². The van der Waals surface area contributed by atoms with Gasteiger partial charge in [0.25, 0.3) is 0 Å². The monoisotopic (exact) mass is 388 g/mol. The largest absolute Gasteiger partial charge is 0.496 e. The van der Waals surface area contributed by atoms with Gasteiger partial charge in [0.1, 0.15) is 5.75 Å². The summed E-state index contributed by atoms with van der Waals surface area (Å²) in [6.07, 6.45) is 3.51. The molecule has 1 aliphatic carbocycles. The normalized spacial score (nSPS) is 16.5. The molecule has 0 fully saturated rings. The summed E-state index contributed by atoms with van der Waals surface area (Å²) in [5.74, 6) is 1.10. The Labute approximate surface area is 162 Å². The molecule has 2 N–H and O–H groups in total. The smallest absolute Gasteiger partial charge is 0.232 e. The lowest BCUT2D eigenvalue weighted by Gasteiger charge is -2.28. The third kappa shape index (κ3) is 4.56. The maximum atomic E-state index is 12.1. The van der Waals surface area contributed by atoms with E-state index in [2.05, 4.69) is 16.1 Å². The van der Waals surface area contributed by atoms with E-state index in [9.17, 15) is 8.42 Å². The van der Waals surface area contributed by atoms with Crippen molar-refractivity contribution >= 4 is 21.4 Å². The minimum absolute atomic E-state index is 0.130. The molecule has 0 aromatic heterocycles. The molecule has 0 saturated carbocycles. The third-order valence-electron chi connectivity index (χ3n) is 5.09. The lowest BCUT2D eigenvalue weighted by molar-refractivity contribution is 0.405. The Hall–Kier alpha value is -2.21. The SMILES string of the molecule is CCCS(=O)(=O)Nc1cccc(NC2CCc3c(cccc3OC)C2)c1C. The summed E-state index contributed by atoms with van der Waals surface area (Å²) in [5, 5.41) is 3.61. The second-order valence-corrected chi connectivity index (χ2v) is 8.92. The Morgan fingerprint density at radius 1 is 1.15 bits per heavy atom. The number of methoxy groups -OCH3 is 1. The van der Waals surface area contributed by atoms with E-state index in [1.165, 1.54) is 11.1 Å². The molecule has 5 nitrogen and oxygen atoms in total. The van der Waals surface area contributed by atoms with Crippen molar-refractivity contribution in [2.45, 2.75) is 45.6 Å². The fourth-order valence-electron chi connectivity index (χ4n) is 3.70. The highest BCUT2D eigenvalue weighted by Crippen LogP contribution is 2.32. The van der Waals surface area contributed by atoms with Crippen LogP contribution in [0.2, 0.25) is 0 Å². The highest BCUT2D eigenvalue weighted by atomic mass is 32.2. The zero-order valence-electron chi connectivity index (χ0n) is 16.2. The van der Waals surface area contributed by atoms with Crippen molar-refractivity contribution in [1.29, 1.82) is 0 Å². The van der Waals surface area contributed by atoms with Crippen LogP contribution in [0.4, 0.5) is 11.4 Å². The lowest BCUT2D eigenvalue weighted by atomic mass is 9.87. The number of benzene rings is 2. The molecule has 1 unspecified atom stereocenters. The molecule has 2 aromatic carbocycles. The van der Waals surface area contributed by atoms with E-state index in [1.54, 1.807) is 7.11 Å². The topological polar surface area (TPSA) is 67.4 Å². The molecule has 2 aromatic rings. The van der Waals surface area contributed by atoms with Crippen molar-refractivity contribution in [1.82, 2.24) is 0 Å². The van der Waals surface area contributed by atoms with Crippen molar-refractivity contribution in [3.8, 4) is 5.75 Å². The molecule has 3 rings (SSSR count). The van der Waals surface area contributed by atoms with Crippen LogP contribution in [0.15, 0.2) is 36.4 Å². The van der Waals surface area contributed by atoms with E-state index in [4.69, 9.17) is 4.74 Å². The van der Waals surface area contributed by atoms with Gasteiger partial charge in [0.05, 0.1) is 18.6 Å². The van der Waals surface area contributed by atoms with E-state index >= 15 is 0 Å². The number of anilines is 2. The van der Waals surface area contributed by atoms with Gasteiger partial charge in [0, 0.05) is 11.7 Å². The average molecular weight is 389 g/mol. The van der Waals surface area contributed by atoms with Crippen molar-refractivity contribution in [2.75, 3.05) is 22.9 Å². The van der Waals surface area contributed by atoms with Gasteiger partial charge in [-0.05, 0) is 67.5 Å². The first-order valence-corrected chi connectivity index (χ1v) is 11.1. The molecule has 0 radical (unpaired) electrons. The third-order valence-corrected chi connectivity index (χ3v) is 6.57. The van der Waals surface area contributed by atoms with Gasteiger partial charge in [-0.3, -0.25) is 4.72 Å². The van der Waals surface area contributed by atoms with Crippen LogP contribution in [-0.2, 0) is 22.9 Å². The maximum Gasteiger partial charge on any atom is 0.232 e. The van der Waals surface area contributed by atoms with E-state index < -0.39 is 10.0 Å². The first-order chi connectivity index (χ1) is 12.9. The number of rotatable bonds is 7. The molecule has 1 atom stereocenters. The quantitative estimate of drug-likeness (QED) is 0.749. The second-order valence-electron chi connectivity index (χ2n) is 7.08. The van der Waals surface area contributed by atoms with Gasteiger partial charge in [-0.25, -0.2) is 8.42 Å². The molecular formula is C21H28N2O3S. The summed E-state index contributed by atoms with van der Waals surface area (Å²) in [4.78, 5) is 0. The van der Waals surface area contributed by atoms with Gasteiger partial charge in [0.15, 0.2) is 0 Å². The Balaban J connectivity index is 1.76. The van der Waals surface area contributed by atoms with Gasteiger partial charge >= 0.3 is 0 Å². The predicted octanol–water partition coefficient (Wildman–Crippen LogP) is 4.12. The van der Waals surface area contributed by atoms with E-state index in [-0.39, 0.29) is 5.75 Å². The molecular weight excluding hydrogens is 360 g/mol. The Kier molecular flexibility index (Phi) is 5.95. The molecule has 146 valence electrons. The fourth-order valence-corrected chi connectivity index (χ4v) is 4.89. The first-order valence-electron chi connectivity index (χ1n) is 9.45. The van der Waals surface area contributed by atoms with E-state index in [1.807, 2.05) is 44.2 Å². The van der Waals surface area contributed by atoms with Gasteiger partial charge < -0.3 is 10.1 Å². The molecule has 0 heterocycles. The molecule has 0 spiro atoms.